The van der Waals surface area contributed by atoms with E-state index in [2.05, 4.69) is 255 Å². The fraction of sp³-hybridized carbons (Fsp3) is 0.0769. The standard InChI is InChI=1S/C65H50/c1-5-15-47(16-6-1)39-41-65(42-40-48-17-7-2-8-18-48)63-45-59(53-31-27-51(28-32-53)57-25-13-23-55(43-57)49-19-9-3-10-20-49)35-37-61(63)62-38-36-60(46-64(62)65)54-33-29-52(30-34-54)58-26-14-24-56(44-58)50-21-11-4-12-22-50/h1-38,43-46H,39-42H2. The second-order valence-electron chi connectivity index (χ2n) is 17.6. The molecule has 0 heterocycles. The molecule has 0 aromatic heterocycles. The molecule has 0 unspecified atom stereocenters. The number of hydrogen-bond donors (Lipinski definition) is 0. The third-order valence-electron chi connectivity index (χ3n) is 13.8. The van der Waals surface area contributed by atoms with Gasteiger partial charge in [-0.05, 0) is 150 Å². The van der Waals surface area contributed by atoms with Gasteiger partial charge in [0.05, 0.1) is 0 Å². The zero-order valence-corrected chi connectivity index (χ0v) is 36.6. The number of hydrogen-bond acceptors (Lipinski definition) is 0. The number of benzene rings is 10. The maximum absolute atomic E-state index is 2.54. The van der Waals surface area contributed by atoms with Crippen LogP contribution in [-0.2, 0) is 18.3 Å². The van der Waals surface area contributed by atoms with Crippen LogP contribution < -0.4 is 0 Å². The van der Waals surface area contributed by atoms with Gasteiger partial charge in [0, 0.05) is 5.41 Å². The van der Waals surface area contributed by atoms with Gasteiger partial charge in [-0.1, -0.05) is 231 Å². The molecule has 0 fully saturated rings. The summed E-state index contributed by atoms with van der Waals surface area (Å²) in [7, 11) is 0. The van der Waals surface area contributed by atoms with E-state index in [4.69, 9.17) is 0 Å². The highest BCUT2D eigenvalue weighted by Crippen LogP contribution is 2.55. The van der Waals surface area contributed by atoms with E-state index in [0.717, 1.165) is 25.7 Å². The molecular formula is C65H50. The largest absolute Gasteiger partial charge is 0.0622 e. The van der Waals surface area contributed by atoms with Gasteiger partial charge in [0.15, 0.2) is 0 Å². The first kappa shape index (κ1) is 40.0. The van der Waals surface area contributed by atoms with Gasteiger partial charge in [-0.25, -0.2) is 0 Å². The third kappa shape index (κ3) is 8.16. The molecular weight excluding hydrogens is 781 g/mol. The smallest absolute Gasteiger partial charge is 0.0222 e. The quantitative estimate of drug-likeness (QED) is 0.115. The van der Waals surface area contributed by atoms with Gasteiger partial charge in [-0.2, -0.15) is 0 Å². The topological polar surface area (TPSA) is 0 Å². The Bertz CT molecular complexity index is 2980. The van der Waals surface area contributed by atoms with Gasteiger partial charge in [0.25, 0.3) is 0 Å². The van der Waals surface area contributed by atoms with Gasteiger partial charge in [0.2, 0.25) is 0 Å². The molecule has 0 saturated heterocycles. The summed E-state index contributed by atoms with van der Waals surface area (Å²) in [5.74, 6) is 0. The summed E-state index contributed by atoms with van der Waals surface area (Å²) in [6.07, 6.45) is 4.03. The minimum atomic E-state index is -0.196. The molecule has 65 heavy (non-hydrogen) atoms. The van der Waals surface area contributed by atoms with Crippen LogP contribution in [0.25, 0.3) is 77.9 Å². The summed E-state index contributed by atoms with van der Waals surface area (Å²) in [6, 6.07) is 94.2. The van der Waals surface area contributed by atoms with Crippen LogP contribution in [0.15, 0.2) is 255 Å². The van der Waals surface area contributed by atoms with Crippen LogP contribution in [0.5, 0.6) is 0 Å². The Hall–Kier alpha value is -7.80. The summed E-state index contributed by atoms with van der Waals surface area (Å²) >= 11 is 0. The summed E-state index contributed by atoms with van der Waals surface area (Å²) in [5, 5.41) is 0. The zero-order chi connectivity index (χ0) is 43.4. The second kappa shape index (κ2) is 17.8. The molecule has 0 aliphatic heterocycles. The monoisotopic (exact) mass is 830 g/mol. The molecule has 0 atom stereocenters. The van der Waals surface area contributed by atoms with E-state index in [1.165, 1.54) is 100 Å². The van der Waals surface area contributed by atoms with Gasteiger partial charge in [-0.3, -0.25) is 0 Å². The molecule has 0 heteroatoms. The second-order valence-corrected chi connectivity index (χ2v) is 17.6. The van der Waals surface area contributed by atoms with Crippen molar-refractivity contribution < 1.29 is 0 Å². The predicted octanol–water partition coefficient (Wildman–Crippen LogP) is 17.2. The van der Waals surface area contributed by atoms with Gasteiger partial charge in [-0.15, -0.1) is 0 Å². The van der Waals surface area contributed by atoms with Crippen molar-refractivity contribution in [3.63, 3.8) is 0 Å². The highest BCUT2D eigenvalue weighted by atomic mass is 14.5. The molecule has 310 valence electrons. The van der Waals surface area contributed by atoms with Gasteiger partial charge in [0.1, 0.15) is 0 Å². The van der Waals surface area contributed by atoms with E-state index >= 15 is 0 Å². The number of aryl methyl sites for hydroxylation is 2. The zero-order valence-electron chi connectivity index (χ0n) is 36.6. The Morgan fingerprint density at radius 2 is 0.477 bits per heavy atom. The van der Waals surface area contributed by atoms with E-state index in [9.17, 15) is 0 Å². The first-order chi connectivity index (χ1) is 32.2. The lowest BCUT2D eigenvalue weighted by Crippen LogP contribution is -2.27. The van der Waals surface area contributed by atoms with Crippen molar-refractivity contribution in [2.24, 2.45) is 0 Å². The van der Waals surface area contributed by atoms with Crippen molar-refractivity contribution in [2.45, 2.75) is 31.1 Å². The fourth-order valence-electron chi connectivity index (χ4n) is 10.3. The lowest BCUT2D eigenvalue weighted by Gasteiger charge is -2.33. The predicted molar refractivity (Wildman–Crippen MR) is 275 cm³/mol. The van der Waals surface area contributed by atoms with E-state index in [1.54, 1.807) is 0 Å². The van der Waals surface area contributed by atoms with E-state index < -0.39 is 0 Å². The molecule has 0 spiro atoms. The van der Waals surface area contributed by atoms with Crippen LogP contribution in [0, 0.1) is 0 Å². The third-order valence-corrected chi connectivity index (χ3v) is 13.8. The fourth-order valence-corrected chi connectivity index (χ4v) is 10.3. The lowest BCUT2D eigenvalue weighted by molar-refractivity contribution is 0.446. The lowest BCUT2D eigenvalue weighted by atomic mass is 9.69. The van der Waals surface area contributed by atoms with E-state index in [1.807, 2.05) is 0 Å². The van der Waals surface area contributed by atoms with Crippen molar-refractivity contribution in [3.8, 4) is 77.9 Å². The average Bonchev–Trinajstić information content (AvgIpc) is 3.66. The summed E-state index contributed by atoms with van der Waals surface area (Å²) in [4.78, 5) is 0. The molecule has 0 amide bonds. The first-order valence-corrected chi connectivity index (χ1v) is 23.1. The number of fused-ring (bicyclic) bond motifs is 3. The minimum absolute atomic E-state index is 0.196. The molecule has 10 aromatic carbocycles. The van der Waals surface area contributed by atoms with E-state index in [0.29, 0.717) is 0 Å². The molecule has 1 aliphatic rings. The van der Waals surface area contributed by atoms with Crippen molar-refractivity contribution in [3.05, 3.63) is 277 Å². The molecule has 0 radical (unpaired) electrons. The summed E-state index contributed by atoms with van der Waals surface area (Å²) < 4.78 is 0. The first-order valence-electron chi connectivity index (χ1n) is 23.1. The SMILES string of the molecule is c1ccc(CCC2(CCc3ccccc3)c3cc(-c4ccc(-c5cccc(-c6ccccc6)c5)cc4)ccc3-c3ccc(-c4ccc(-c5cccc(-c6ccccc6)c5)cc4)cc32)cc1. The van der Waals surface area contributed by atoms with Crippen LogP contribution in [0.2, 0.25) is 0 Å². The van der Waals surface area contributed by atoms with Crippen LogP contribution in [-0.4, -0.2) is 0 Å². The Balaban J connectivity index is 0.975. The van der Waals surface area contributed by atoms with E-state index in [-0.39, 0.29) is 5.41 Å². The molecule has 1 aliphatic carbocycles. The maximum atomic E-state index is 2.54. The molecule has 0 bridgehead atoms. The summed E-state index contributed by atoms with van der Waals surface area (Å²) in [6.45, 7) is 0. The van der Waals surface area contributed by atoms with Crippen molar-refractivity contribution >= 4 is 0 Å². The Kier molecular flexibility index (Phi) is 10.9. The van der Waals surface area contributed by atoms with Crippen molar-refractivity contribution in [1.29, 1.82) is 0 Å². The van der Waals surface area contributed by atoms with Crippen LogP contribution >= 0.6 is 0 Å². The van der Waals surface area contributed by atoms with Crippen LogP contribution in [0.3, 0.4) is 0 Å². The molecule has 0 N–H and O–H groups in total. The normalized spacial score (nSPS) is 12.4. The highest BCUT2D eigenvalue weighted by Gasteiger charge is 2.43. The Morgan fingerprint density at radius 3 is 0.815 bits per heavy atom. The van der Waals surface area contributed by atoms with Crippen molar-refractivity contribution in [1.82, 2.24) is 0 Å². The highest BCUT2D eigenvalue weighted by molar-refractivity contribution is 5.87. The Morgan fingerprint density at radius 1 is 0.215 bits per heavy atom. The summed E-state index contributed by atoms with van der Waals surface area (Å²) in [5.41, 5.74) is 23.0. The maximum Gasteiger partial charge on any atom is 0.0222 e. The minimum Gasteiger partial charge on any atom is -0.0622 e. The molecule has 0 nitrogen and oxygen atoms in total. The van der Waals surface area contributed by atoms with Crippen LogP contribution in [0.4, 0.5) is 0 Å². The van der Waals surface area contributed by atoms with Crippen LogP contribution in [0.1, 0.15) is 35.1 Å². The molecule has 11 rings (SSSR count). The van der Waals surface area contributed by atoms with Crippen molar-refractivity contribution in [2.75, 3.05) is 0 Å². The average molecular weight is 831 g/mol. The molecule has 0 saturated carbocycles. The molecule has 10 aromatic rings. The van der Waals surface area contributed by atoms with Gasteiger partial charge >= 0.3 is 0 Å². The number of rotatable bonds is 12. The Labute approximate surface area is 384 Å². The van der Waals surface area contributed by atoms with Gasteiger partial charge < -0.3 is 0 Å².